The molecule has 2 aromatic carbocycles. The largest absolute Gasteiger partial charge is 0.295 e. The summed E-state index contributed by atoms with van der Waals surface area (Å²) in [6.07, 6.45) is 1.73. The number of nitrogens with one attached hydrogen (secondary N) is 1. The van der Waals surface area contributed by atoms with Gasteiger partial charge in [-0.25, -0.2) is 9.07 Å². The molecule has 9 nitrogen and oxygen atoms in total. The van der Waals surface area contributed by atoms with Crippen LogP contribution in [0.25, 0.3) is 16.9 Å². The fourth-order valence-electron chi connectivity index (χ4n) is 4.00. The SMILES string of the molecule is Cc1cc(F)cc(-n2cc(-c3ccc4c(c3)C(=O)N(C3CCC(=O)NC3=O)C4=O)nn2)c1. The number of piperidine rings is 1. The first-order valence-corrected chi connectivity index (χ1v) is 9.88. The van der Waals surface area contributed by atoms with Crippen LogP contribution in [-0.4, -0.2) is 49.6 Å². The molecule has 3 heterocycles. The average molecular weight is 433 g/mol. The first kappa shape index (κ1) is 19.7. The second-order valence-electron chi connectivity index (χ2n) is 7.74. The molecule has 10 heteroatoms. The lowest BCUT2D eigenvalue weighted by Gasteiger charge is -2.27. The van der Waals surface area contributed by atoms with Crippen molar-refractivity contribution >= 4 is 23.6 Å². The Morgan fingerprint density at radius 3 is 2.56 bits per heavy atom. The highest BCUT2D eigenvalue weighted by Gasteiger charge is 2.44. The molecule has 0 radical (unpaired) electrons. The number of aromatic nitrogens is 3. The molecule has 2 aliphatic heterocycles. The van der Waals surface area contributed by atoms with Crippen LogP contribution in [0.4, 0.5) is 4.39 Å². The summed E-state index contributed by atoms with van der Waals surface area (Å²) in [7, 11) is 0. The Morgan fingerprint density at radius 1 is 1.03 bits per heavy atom. The van der Waals surface area contributed by atoms with Crippen LogP contribution >= 0.6 is 0 Å². The number of amides is 4. The third-order valence-corrected chi connectivity index (χ3v) is 5.52. The minimum Gasteiger partial charge on any atom is -0.295 e. The van der Waals surface area contributed by atoms with Gasteiger partial charge in [0.2, 0.25) is 11.8 Å². The Bertz CT molecular complexity index is 1310. The zero-order chi connectivity index (χ0) is 22.6. The van der Waals surface area contributed by atoms with Crippen molar-refractivity contribution in [1.29, 1.82) is 0 Å². The summed E-state index contributed by atoms with van der Waals surface area (Å²) in [6, 6.07) is 8.11. The minimum atomic E-state index is -1.03. The third kappa shape index (κ3) is 3.16. The topological polar surface area (TPSA) is 114 Å². The maximum absolute atomic E-state index is 13.7. The van der Waals surface area contributed by atoms with Crippen LogP contribution in [0.1, 0.15) is 39.1 Å². The van der Waals surface area contributed by atoms with E-state index >= 15 is 0 Å². The molecule has 0 saturated carbocycles. The van der Waals surface area contributed by atoms with Gasteiger partial charge < -0.3 is 0 Å². The van der Waals surface area contributed by atoms with Crippen molar-refractivity contribution < 1.29 is 23.6 Å². The number of halogens is 1. The number of hydrogen-bond acceptors (Lipinski definition) is 6. The molecule has 2 aliphatic rings. The average Bonchev–Trinajstić information content (AvgIpc) is 3.32. The van der Waals surface area contributed by atoms with Crippen molar-refractivity contribution in [3.63, 3.8) is 0 Å². The van der Waals surface area contributed by atoms with Gasteiger partial charge in [-0.2, -0.15) is 0 Å². The Labute approximate surface area is 180 Å². The molecule has 1 fully saturated rings. The van der Waals surface area contributed by atoms with Crippen LogP contribution in [0.3, 0.4) is 0 Å². The highest BCUT2D eigenvalue weighted by Crippen LogP contribution is 2.31. The van der Waals surface area contributed by atoms with E-state index in [1.807, 2.05) is 0 Å². The molecule has 1 atom stereocenters. The van der Waals surface area contributed by atoms with E-state index in [1.165, 1.54) is 28.9 Å². The molecular formula is C22H16FN5O4. The third-order valence-electron chi connectivity index (χ3n) is 5.52. The van der Waals surface area contributed by atoms with E-state index < -0.39 is 35.5 Å². The zero-order valence-corrected chi connectivity index (χ0v) is 16.8. The highest BCUT2D eigenvalue weighted by molar-refractivity contribution is 6.23. The lowest BCUT2D eigenvalue weighted by Crippen LogP contribution is -2.54. The van der Waals surface area contributed by atoms with Gasteiger partial charge in [0, 0.05) is 12.0 Å². The number of carbonyl (C=O) groups excluding carboxylic acids is 4. The molecule has 4 amide bonds. The summed E-state index contributed by atoms with van der Waals surface area (Å²) in [4.78, 5) is 50.3. The molecule has 0 bridgehead atoms. The lowest BCUT2D eigenvalue weighted by atomic mass is 10.0. The van der Waals surface area contributed by atoms with Crippen molar-refractivity contribution in [2.45, 2.75) is 25.8 Å². The van der Waals surface area contributed by atoms with E-state index in [0.29, 0.717) is 16.9 Å². The molecule has 1 saturated heterocycles. The number of aryl methyl sites for hydroxylation is 1. The van der Waals surface area contributed by atoms with Gasteiger partial charge in [0.05, 0.1) is 23.0 Å². The van der Waals surface area contributed by atoms with E-state index in [0.717, 1.165) is 10.5 Å². The number of imide groups is 2. The monoisotopic (exact) mass is 433 g/mol. The number of nitrogens with zero attached hydrogens (tertiary/aromatic N) is 4. The van der Waals surface area contributed by atoms with Gasteiger partial charge in [0.15, 0.2) is 0 Å². The van der Waals surface area contributed by atoms with Crippen LogP contribution in [0.2, 0.25) is 0 Å². The molecule has 0 spiro atoms. The standard InChI is InChI=1S/C22H16FN5O4/c1-11-6-13(23)9-14(7-11)27-10-17(25-26-27)12-2-3-15-16(8-12)22(32)28(21(15)31)18-4-5-19(29)24-20(18)30/h2-3,6-10,18H,4-5H2,1H3,(H,24,29,30). The summed E-state index contributed by atoms with van der Waals surface area (Å²) in [5.41, 5.74) is 2.51. The Balaban J connectivity index is 1.46. The van der Waals surface area contributed by atoms with E-state index in [4.69, 9.17) is 0 Å². The normalized spacial score (nSPS) is 18.2. The minimum absolute atomic E-state index is 0.0533. The van der Waals surface area contributed by atoms with E-state index in [9.17, 15) is 23.6 Å². The molecule has 32 heavy (non-hydrogen) atoms. The fourth-order valence-corrected chi connectivity index (χ4v) is 4.00. The van der Waals surface area contributed by atoms with Crippen molar-refractivity contribution in [3.05, 3.63) is 65.1 Å². The first-order chi connectivity index (χ1) is 15.3. The van der Waals surface area contributed by atoms with E-state index in [-0.39, 0.29) is 24.0 Å². The van der Waals surface area contributed by atoms with E-state index in [1.54, 1.807) is 25.3 Å². The summed E-state index contributed by atoms with van der Waals surface area (Å²) in [5.74, 6) is -2.67. The summed E-state index contributed by atoms with van der Waals surface area (Å²) < 4.78 is 15.1. The quantitative estimate of drug-likeness (QED) is 0.630. The summed E-state index contributed by atoms with van der Waals surface area (Å²) in [6.45, 7) is 1.77. The fraction of sp³-hybridized carbons (Fsp3) is 0.182. The van der Waals surface area contributed by atoms with Crippen LogP contribution in [0, 0.1) is 12.7 Å². The lowest BCUT2D eigenvalue weighted by molar-refractivity contribution is -0.136. The van der Waals surface area contributed by atoms with E-state index in [2.05, 4.69) is 15.6 Å². The summed E-state index contributed by atoms with van der Waals surface area (Å²) in [5, 5.41) is 10.3. The van der Waals surface area contributed by atoms with Crippen LogP contribution in [0.15, 0.2) is 42.6 Å². The number of benzene rings is 2. The predicted molar refractivity (Wildman–Crippen MR) is 108 cm³/mol. The molecule has 5 rings (SSSR count). The first-order valence-electron chi connectivity index (χ1n) is 9.88. The van der Waals surface area contributed by atoms with Gasteiger partial charge >= 0.3 is 0 Å². The predicted octanol–water partition coefficient (Wildman–Crippen LogP) is 1.78. The van der Waals surface area contributed by atoms with Crippen molar-refractivity contribution in [3.8, 4) is 16.9 Å². The van der Waals surface area contributed by atoms with Crippen molar-refractivity contribution in [1.82, 2.24) is 25.2 Å². The smallest absolute Gasteiger partial charge is 0.262 e. The second kappa shape index (κ2) is 7.19. The van der Waals surface area contributed by atoms with Crippen molar-refractivity contribution in [2.24, 2.45) is 0 Å². The number of carbonyl (C=O) groups is 4. The molecule has 1 aromatic heterocycles. The molecule has 160 valence electrons. The highest BCUT2D eigenvalue weighted by atomic mass is 19.1. The van der Waals surface area contributed by atoms with Gasteiger partial charge in [-0.3, -0.25) is 29.4 Å². The second-order valence-corrected chi connectivity index (χ2v) is 7.74. The summed E-state index contributed by atoms with van der Waals surface area (Å²) >= 11 is 0. The maximum atomic E-state index is 13.7. The number of fused-ring (bicyclic) bond motifs is 1. The van der Waals surface area contributed by atoms with Gasteiger partial charge in [0.1, 0.15) is 17.6 Å². The van der Waals surface area contributed by atoms with Crippen LogP contribution in [-0.2, 0) is 9.59 Å². The number of rotatable bonds is 3. The molecule has 1 N–H and O–H groups in total. The van der Waals surface area contributed by atoms with Gasteiger partial charge in [-0.1, -0.05) is 11.3 Å². The zero-order valence-electron chi connectivity index (χ0n) is 16.8. The van der Waals surface area contributed by atoms with Crippen molar-refractivity contribution in [2.75, 3.05) is 0 Å². The Kier molecular flexibility index (Phi) is 4.43. The van der Waals surface area contributed by atoms with Gasteiger partial charge in [-0.05, 0) is 49.2 Å². The Morgan fingerprint density at radius 2 is 1.81 bits per heavy atom. The molecule has 3 aromatic rings. The molecular weight excluding hydrogens is 417 g/mol. The maximum Gasteiger partial charge on any atom is 0.262 e. The van der Waals surface area contributed by atoms with Gasteiger partial charge in [-0.15, -0.1) is 5.10 Å². The number of hydrogen-bond donors (Lipinski definition) is 1. The molecule has 0 aliphatic carbocycles. The Hall–Kier alpha value is -4.21. The molecule has 1 unspecified atom stereocenters. The van der Waals surface area contributed by atoms with Gasteiger partial charge in [0.25, 0.3) is 11.8 Å². The van der Waals surface area contributed by atoms with Crippen LogP contribution in [0.5, 0.6) is 0 Å². The van der Waals surface area contributed by atoms with Crippen LogP contribution < -0.4 is 5.32 Å².